The van der Waals surface area contributed by atoms with Gasteiger partial charge in [-0.25, -0.2) is 9.37 Å². The molecule has 3 aromatic heterocycles. The average Bonchev–Trinajstić information content (AvgIpc) is 3.35. The van der Waals surface area contributed by atoms with Gasteiger partial charge in [-0.15, -0.1) is 11.3 Å². The molecule has 0 aliphatic rings. The fourth-order valence-electron chi connectivity index (χ4n) is 4.83. The summed E-state index contributed by atoms with van der Waals surface area (Å²) in [5, 5.41) is 2.44. The van der Waals surface area contributed by atoms with Crippen molar-refractivity contribution in [3.8, 4) is 45.2 Å². The van der Waals surface area contributed by atoms with Crippen LogP contribution in [0.25, 0.3) is 65.3 Å². The Morgan fingerprint density at radius 3 is 2.23 bits per heavy atom. The van der Waals surface area contributed by atoms with Gasteiger partial charge in [-0.2, -0.15) is 9.97 Å². The Balaban J connectivity index is 1.38. The molecule has 0 unspecified atom stereocenters. The molecule has 0 amide bonds. The maximum atomic E-state index is 14.1. The zero-order valence-electron chi connectivity index (χ0n) is 20.3. The number of thiophene rings is 1. The van der Waals surface area contributed by atoms with Crippen LogP contribution in [0.3, 0.4) is 0 Å². The summed E-state index contributed by atoms with van der Waals surface area (Å²) >= 11 is 8.00. The van der Waals surface area contributed by atoms with Crippen LogP contribution in [0, 0.1) is 5.82 Å². The van der Waals surface area contributed by atoms with Gasteiger partial charge in [0.05, 0.1) is 5.69 Å². The molecule has 4 nitrogen and oxygen atoms in total. The predicted molar refractivity (Wildman–Crippen MR) is 157 cm³/mol. The predicted octanol–water partition coefficient (Wildman–Crippen LogP) is 9.09. The molecule has 0 fully saturated rings. The second-order valence-electron chi connectivity index (χ2n) is 9.02. The standard InChI is InChI=1S/C32H18ClFN4S/c33-32-37-30(19-7-2-1-3-8-19)36-31(38-32)21-14-15-23-25-11-5-12-26(29(25)39-27(23)18-21)24-13-6-16-35-28(24)20-9-4-10-22(34)17-20/h1-18H. The number of pyridine rings is 1. The smallest absolute Gasteiger partial charge is 0.226 e. The molecule has 186 valence electrons. The Labute approximate surface area is 232 Å². The summed E-state index contributed by atoms with van der Waals surface area (Å²) in [6.07, 6.45) is 1.74. The van der Waals surface area contributed by atoms with Crippen molar-refractivity contribution in [2.24, 2.45) is 0 Å². The Morgan fingerprint density at radius 1 is 0.615 bits per heavy atom. The van der Waals surface area contributed by atoms with Gasteiger partial charge in [-0.3, -0.25) is 4.98 Å². The van der Waals surface area contributed by atoms with Crippen LogP contribution in [0.2, 0.25) is 5.28 Å². The molecule has 0 spiro atoms. The first-order chi connectivity index (χ1) is 19.1. The van der Waals surface area contributed by atoms with Crippen molar-refractivity contribution in [2.45, 2.75) is 0 Å². The molecule has 3 heterocycles. The van der Waals surface area contributed by atoms with E-state index in [4.69, 9.17) is 16.6 Å². The van der Waals surface area contributed by atoms with Crippen LogP contribution in [0.4, 0.5) is 4.39 Å². The lowest BCUT2D eigenvalue weighted by atomic mass is 9.97. The number of fused-ring (bicyclic) bond motifs is 3. The van der Waals surface area contributed by atoms with E-state index in [0.717, 1.165) is 53.7 Å². The lowest BCUT2D eigenvalue weighted by Crippen LogP contribution is -1.96. The second-order valence-corrected chi connectivity index (χ2v) is 10.4. The van der Waals surface area contributed by atoms with Crippen molar-refractivity contribution >= 4 is 43.1 Å². The van der Waals surface area contributed by atoms with E-state index in [1.165, 1.54) is 12.1 Å². The maximum absolute atomic E-state index is 14.1. The Kier molecular flexibility index (Phi) is 5.84. The van der Waals surface area contributed by atoms with E-state index in [1.54, 1.807) is 23.6 Å². The van der Waals surface area contributed by atoms with E-state index < -0.39 is 0 Å². The highest BCUT2D eigenvalue weighted by atomic mass is 35.5. The number of rotatable bonds is 4. The average molecular weight is 545 g/mol. The minimum Gasteiger partial charge on any atom is -0.256 e. The molecule has 7 aromatic rings. The summed E-state index contributed by atoms with van der Waals surface area (Å²) < 4.78 is 16.3. The lowest BCUT2D eigenvalue weighted by Gasteiger charge is -2.10. The fourth-order valence-corrected chi connectivity index (χ4v) is 6.26. The summed E-state index contributed by atoms with van der Waals surface area (Å²) in [6, 6.07) is 32.7. The van der Waals surface area contributed by atoms with Crippen LogP contribution < -0.4 is 0 Å². The molecule has 0 radical (unpaired) electrons. The third-order valence-corrected chi connectivity index (χ3v) is 7.96. The summed E-state index contributed by atoms with van der Waals surface area (Å²) in [4.78, 5) is 18.1. The molecule has 39 heavy (non-hydrogen) atoms. The van der Waals surface area contributed by atoms with Crippen molar-refractivity contribution < 1.29 is 4.39 Å². The summed E-state index contributed by atoms with van der Waals surface area (Å²) in [6.45, 7) is 0. The summed E-state index contributed by atoms with van der Waals surface area (Å²) in [5.74, 6) is 0.769. The third kappa shape index (κ3) is 4.34. The van der Waals surface area contributed by atoms with Crippen LogP contribution in [-0.4, -0.2) is 19.9 Å². The maximum Gasteiger partial charge on any atom is 0.226 e. The van der Waals surface area contributed by atoms with Gasteiger partial charge < -0.3 is 0 Å². The van der Waals surface area contributed by atoms with E-state index in [1.807, 2.05) is 54.6 Å². The highest BCUT2D eigenvalue weighted by molar-refractivity contribution is 7.26. The molecule has 0 atom stereocenters. The fraction of sp³-hybridized carbons (Fsp3) is 0. The van der Waals surface area contributed by atoms with Gasteiger partial charge in [0.1, 0.15) is 5.82 Å². The van der Waals surface area contributed by atoms with E-state index in [-0.39, 0.29) is 11.1 Å². The van der Waals surface area contributed by atoms with Crippen LogP contribution in [0.5, 0.6) is 0 Å². The van der Waals surface area contributed by atoms with Gasteiger partial charge in [-0.05, 0) is 35.9 Å². The van der Waals surface area contributed by atoms with Gasteiger partial charge in [0.25, 0.3) is 0 Å². The molecular weight excluding hydrogens is 527 g/mol. The SMILES string of the molecule is Fc1cccc(-c2ncccc2-c2cccc3c2sc2cc(-c4nc(Cl)nc(-c5ccccc5)n4)ccc23)c1. The zero-order chi connectivity index (χ0) is 26.3. The highest BCUT2D eigenvalue weighted by Gasteiger charge is 2.16. The van der Waals surface area contributed by atoms with Crippen LogP contribution in [0.1, 0.15) is 0 Å². The van der Waals surface area contributed by atoms with E-state index in [0.29, 0.717) is 11.6 Å². The van der Waals surface area contributed by atoms with E-state index >= 15 is 0 Å². The Bertz CT molecular complexity index is 2010. The first-order valence-electron chi connectivity index (χ1n) is 12.3. The lowest BCUT2D eigenvalue weighted by molar-refractivity contribution is 0.628. The molecule has 7 rings (SSSR count). The second kappa shape index (κ2) is 9.66. The van der Waals surface area contributed by atoms with E-state index in [2.05, 4.69) is 45.3 Å². The van der Waals surface area contributed by atoms with Crippen molar-refractivity contribution in [3.05, 3.63) is 120 Å². The zero-order valence-corrected chi connectivity index (χ0v) is 21.9. The monoisotopic (exact) mass is 544 g/mol. The molecule has 0 bridgehead atoms. The summed E-state index contributed by atoms with van der Waals surface area (Å²) in [7, 11) is 0. The Hall–Kier alpha value is -4.52. The van der Waals surface area contributed by atoms with Crippen molar-refractivity contribution in [1.29, 1.82) is 0 Å². The topological polar surface area (TPSA) is 51.6 Å². The van der Waals surface area contributed by atoms with Gasteiger partial charge >= 0.3 is 0 Å². The molecule has 7 heteroatoms. The first kappa shape index (κ1) is 23.6. The van der Waals surface area contributed by atoms with E-state index in [9.17, 15) is 4.39 Å². The van der Waals surface area contributed by atoms with Gasteiger partial charge in [0.2, 0.25) is 5.28 Å². The van der Waals surface area contributed by atoms with Crippen LogP contribution >= 0.6 is 22.9 Å². The molecule has 0 saturated heterocycles. The largest absolute Gasteiger partial charge is 0.256 e. The molecule has 0 aliphatic heterocycles. The van der Waals surface area contributed by atoms with Crippen molar-refractivity contribution in [2.75, 3.05) is 0 Å². The number of hydrogen-bond donors (Lipinski definition) is 0. The summed E-state index contributed by atoms with van der Waals surface area (Å²) in [5.41, 5.74) is 5.23. The van der Waals surface area contributed by atoms with Crippen LogP contribution in [0.15, 0.2) is 109 Å². The molecule has 4 aromatic carbocycles. The number of aromatic nitrogens is 4. The molecule has 0 N–H and O–H groups in total. The normalized spacial score (nSPS) is 11.3. The quantitative estimate of drug-likeness (QED) is 0.222. The van der Waals surface area contributed by atoms with Crippen LogP contribution in [-0.2, 0) is 0 Å². The highest BCUT2D eigenvalue weighted by Crippen LogP contribution is 2.43. The molecule has 0 saturated carbocycles. The number of nitrogens with zero attached hydrogens (tertiary/aromatic N) is 4. The third-order valence-electron chi connectivity index (χ3n) is 6.59. The van der Waals surface area contributed by atoms with Gasteiger partial charge in [-0.1, -0.05) is 78.9 Å². The first-order valence-corrected chi connectivity index (χ1v) is 13.5. The minimum atomic E-state index is -0.287. The molecule has 0 aliphatic carbocycles. The molecular formula is C32H18ClFN4S. The van der Waals surface area contributed by atoms with Gasteiger partial charge in [0, 0.05) is 54.2 Å². The number of halogens is 2. The minimum absolute atomic E-state index is 0.152. The number of benzene rings is 4. The van der Waals surface area contributed by atoms with Gasteiger partial charge in [0.15, 0.2) is 11.6 Å². The van der Waals surface area contributed by atoms with Crippen molar-refractivity contribution in [3.63, 3.8) is 0 Å². The Morgan fingerprint density at radius 2 is 1.38 bits per heavy atom. The number of hydrogen-bond acceptors (Lipinski definition) is 5. The van der Waals surface area contributed by atoms with Crippen molar-refractivity contribution in [1.82, 2.24) is 19.9 Å².